The Morgan fingerprint density at radius 3 is 2.21 bits per heavy atom. The highest BCUT2D eigenvalue weighted by molar-refractivity contribution is 9.10. The van der Waals surface area contributed by atoms with Crippen molar-refractivity contribution >= 4 is 26.8 Å². The Hall–Kier alpha value is -3.26. The molecule has 0 spiro atoms. The van der Waals surface area contributed by atoms with Crippen LogP contribution in [0.15, 0.2) is 108 Å². The van der Waals surface area contributed by atoms with Crippen LogP contribution in [0.2, 0.25) is 0 Å². The molecular weight excluding hydrogens is 540 g/mol. The van der Waals surface area contributed by atoms with Crippen LogP contribution in [0.25, 0.3) is 22.0 Å². The third kappa shape index (κ3) is 4.10. The molecule has 1 heterocycles. The molecule has 1 aliphatic rings. The summed E-state index contributed by atoms with van der Waals surface area (Å²) in [4.78, 5) is 3.31. The zero-order valence-corrected chi connectivity index (χ0v) is 22.6. The minimum absolute atomic E-state index is 0.133. The maximum atomic E-state index is 12.0. The summed E-state index contributed by atoms with van der Waals surface area (Å²) in [6.07, 6.45) is 1.01. The second-order valence-electron chi connectivity index (χ2n) is 9.59. The lowest BCUT2D eigenvalue weighted by Crippen LogP contribution is -2.52. The molecule has 2 atom stereocenters. The lowest BCUT2D eigenvalue weighted by atomic mass is 9.79. The van der Waals surface area contributed by atoms with E-state index in [1.807, 2.05) is 30.5 Å². The van der Waals surface area contributed by atoms with E-state index in [0.29, 0.717) is 0 Å². The van der Waals surface area contributed by atoms with Gasteiger partial charge in [0.05, 0.1) is 24.3 Å². The predicted molar refractivity (Wildman–Crippen MR) is 154 cm³/mol. The molecule has 1 aliphatic carbocycles. The van der Waals surface area contributed by atoms with Crippen molar-refractivity contribution in [1.29, 1.82) is 0 Å². The van der Waals surface area contributed by atoms with Crippen LogP contribution in [0.1, 0.15) is 28.4 Å². The van der Waals surface area contributed by atoms with Crippen molar-refractivity contribution in [2.45, 2.75) is 17.7 Å². The normalized spacial score (nSPS) is 15.2. The van der Waals surface area contributed by atoms with Gasteiger partial charge in [-0.05, 0) is 39.9 Å². The third-order valence-corrected chi connectivity index (χ3v) is 8.11. The number of aliphatic hydroxyl groups is 1. The van der Waals surface area contributed by atoms with Gasteiger partial charge >= 0.3 is 0 Å². The molecule has 3 N–H and O–H groups in total. The van der Waals surface area contributed by atoms with Gasteiger partial charge in [0.2, 0.25) is 0 Å². The summed E-state index contributed by atoms with van der Waals surface area (Å²) in [5.74, 6) is 0. The van der Waals surface area contributed by atoms with E-state index in [-0.39, 0.29) is 13.4 Å². The van der Waals surface area contributed by atoms with Gasteiger partial charge < -0.3 is 19.6 Å². The molecule has 192 valence electrons. The molecule has 0 fully saturated rings. The maximum Gasteiger partial charge on any atom is 0.146 e. The van der Waals surface area contributed by atoms with E-state index in [9.17, 15) is 5.11 Å². The van der Waals surface area contributed by atoms with Gasteiger partial charge in [-0.25, -0.2) is 0 Å². The Morgan fingerprint density at radius 2 is 1.53 bits per heavy atom. The SMILES string of the molecule is COCOC[C@H](NC1(c2ccccc2)c2ccccc2-c2ccccc21)[C@@H](O)c1c[nH]c2cccc(Br)c12. The van der Waals surface area contributed by atoms with Crippen molar-refractivity contribution in [3.8, 4) is 11.1 Å². The number of nitrogens with one attached hydrogen (secondary N) is 2. The smallest absolute Gasteiger partial charge is 0.146 e. The highest BCUT2D eigenvalue weighted by atomic mass is 79.9. The molecule has 0 saturated heterocycles. The van der Waals surface area contributed by atoms with Crippen LogP contribution in [0.5, 0.6) is 0 Å². The Labute approximate surface area is 230 Å². The summed E-state index contributed by atoms with van der Waals surface area (Å²) in [6.45, 7) is 0.374. The first-order valence-corrected chi connectivity index (χ1v) is 13.5. The standard InChI is InChI=1S/C32H29BrN2O3/c1-37-20-38-19-29(31(36)24-18-34-28-17-9-16-27(33)30(24)28)35-32(21-10-3-2-4-11-21)25-14-7-5-12-22(25)23-13-6-8-15-26(23)32/h2-18,29,31,34-36H,19-20H2,1H3/t29-,31-/m0/s1. The maximum absolute atomic E-state index is 12.0. The second-order valence-corrected chi connectivity index (χ2v) is 10.4. The Balaban J connectivity index is 1.53. The Morgan fingerprint density at radius 1 is 0.868 bits per heavy atom. The van der Waals surface area contributed by atoms with Crippen LogP contribution in [-0.2, 0) is 15.0 Å². The van der Waals surface area contributed by atoms with Gasteiger partial charge in [-0.15, -0.1) is 0 Å². The number of halogens is 1. The van der Waals surface area contributed by atoms with Crippen LogP contribution in [0, 0.1) is 0 Å². The molecule has 0 aliphatic heterocycles. The predicted octanol–water partition coefficient (Wildman–Crippen LogP) is 6.52. The third-order valence-electron chi connectivity index (χ3n) is 7.44. The van der Waals surface area contributed by atoms with Crippen LogP contribution in [0.3, 0.4) is 0 Å². The lowest BCUT2D eigenvalue weighted by molar-refractivity contribution is -0.0537. The fraction of sp³-hybridized carbons (Fsp3) is 0.188. The van der Waals surface area contributed by atoms with Gasteiger partial charge in [0.1, 0.15) is 6.79 Å². The average molecular weight is 569 g/mol. The van der Waals surface area contributed by atoms with E-state index in [0.717, 1.165) is 37.6 Å². The molecule has 6 heteroatoms. The number of ether oxygens (including phenoxy) is 2. The summed E-state index contributed by atoms with van der Waals surface area (Å²) in [5, 5.41) is 16.9. The zero-order chi connectivity index (χ0) is 26.1. The summed E-state index contributed by atoms with van der Waals surface area (Å²) < 4.78 is 12.0. The Kier molecular flexibility index (Phi) is 6.91. The van der Waals surface area contributed by atoms with E-state index in [4.69, 9.17) is 9.47 Å². The first kappa shape index (κ1) is 25.0. The Bertz CT molecular complexity index is 1520. The molecule has 5 aromatic rings. The van der Waals surface area contributed by atoms with Gasteiger partial charge in [0, 0.05) is 34.2 Å². The molecule has 0 amide bonds. The monoisotopic (exact) mass is 568 g/mol. The minimum atomic E-state index is -0.875. The summed E-state index contributed by atoms with van der Waals surface area (Å²) >= 11 is 3.68. The molecule has 0 unspecified atom stereocenters. The van der Waals surface area contributed by atoms with Crippen LogP contribution >= 0.6 is 15.9 Å². The molecule has 5 nitrogen and oxygen atoms in total. The van der Waals surface area contributed by atoms with E-state index in [1.165, 1.54) is 11.1 Å². The first-order chi connectivity index (χ1) is 18.6. The highest BCUT2D eigenvalue weighted by Crippen LogP contribution is 2.51. The summed E-state index contributed by atoms with van der Waals surface area (Å²) in [7, 11) is 1.60. The number of benzene rings is 4. The number of methoxy groups -OCH3 is 1. The van der Waals surface area contributed by atoms with Gasteiger partial charge in [-0.3, -0.25) is 5.32 Å². The number of aliphatic hydroxyl groups excluding tert-OH is 1. The summed E-state index contributed by atoms with van der Waals surface area (Å²) in [6, 6.07) is 33.0. The van der Waals surface area contributed by atoms with Crippen molar-refractivity contribution in [2.24, 2.45) is 0 Å². The number of rotatable bonds is 9. The van der Waals surface area contributed by atoms with E-state index in [1.54, 1.807) is 7.11 Å². The number of aromatic nitrogens is 1. The van der Waals surface area contributed by atoms with Gasteiger partial charge in [-0.1, -0.05) is 101 Å². The van der Waals surface area contributed by atoms with Crippen molar-refractivity contribution in [1.82, 2.24) is 10.3 Å². The largest absolute Gasteiger partial charge is 0.387 e. The van der Waals surface area contributed by atoms with Gasteiger partial charge in [0.25, 0.3) is 0 Å². The van der Waals surface area contributed by atoms with Crippen LogP contribution < -0.4 is 5.32 Å². The average Bonchev–Trinajstić information content (AvgIpc) is 3.52. The van der Waals surface area contributed by atoms with Gasteiger partial charge in [0.15, 0.2) is 0 Å². The van der Waals surface area contributed by atoms with Crippen molar-refractivity contribution < 1.29 is 14.6 Å². The van der Waals surface area contributed by atoms with Crippen molar-refractivity contribution in [3.63, 3.8) is 0 Å². The van der Waals surface area contributed by atoms with Crippen molar-refractivity contribution in [3.05, 3.63) is 130 Å². The van der Waals surface area contributed by atoms with E-state index >= 15 is 0 Å². The number of hydrogen-bond acceptors (Lipinski definition) is 4. The lowest BCUT2D eigenvalue weighted by Gasteiger charge is -2.39. The zero-order valence-electron chi connectivity index (χ0n) is 21.0. The number of hydrogen-bond donors (Lipinski definition) is 3. The van der Waals surface area contributed by atoms with Crippen LogP contribution in [-0.4, -0.2) is 36.6 Å². The fourth-order valence-corrected chi connectivity index (χ4v) is 6.43. The molecule has 1 aromatic heterocycles. The quantitative estimate of drug-likeness (QED) is 0.140. The minimum Gasteiger partial charge on any atom is -0.387 e. The first-order valence-electron chi connectivity index (χ1n) is 12.7. The van der Waals surface area contributed by atoms with Crippen LogP contribution in [0.4, 0.5) is 0 Å². The topological polar surface area (TPSA) is 66.5 Å². The molecule has 38 heavy (non-hydrogen) atoms. The number of aromatic amines is 1. The summed E-state index contributed by atoms with van der Waals surface area (Å²) in [5.41, 5.74) is 6.82. The number of fused-ring (bicyclic) bond motifs is 4. The van der Waals surface area contributed by atoms with E-state index < -0.39 is 17.7 Å². The fourth-order valence-electron chi connectivity index (χ4n) is 5.84. The molecule has 0 bridgehead atoms. The molecule has 0 saturated carbocycles. The van der Waals surface area contributed by atoms with E-state index in [2.05, 4.69) is 99.0 Å². The highest BCUT2D eigenvalue weighted by Gasteiger charge is 2.46. The molecule has 4 aromatic carbocycles. The van der Waals surface area contributed by atoms with Crippen molar-refractivity contribution in [2.75, 3.05) is 20.5 Å². The molecule has 6 rings (SSSR count). The number of H-pyrrole nitrogens is 1. The molecule has 0 radical (unpaired) electrons. The second kappa shape index (κ2) is 10.5. The van der Waals surface area contributed by atoms with Gasteiger partial charge in [-0.2, -0.15) is 0 Å². The molecular formula is C32H29BrN2O3.